The molecule has 0 aliphatic rings. The molecule has 0 amide bonds. The average molecular weight is 263 g/mol. The zero-order valence-electron chi connectivity index (χ0n) is 10.6. The Hall–Kier alpha value is -1.46. The van der Waals surface area contributed by atoms with Crippen LogP contribution in [0, 0.1) is 0 Å². The summed E-state index contributed by atoms with van der Waals surface area (Å²) >= 11 is 1.59. The second-order valence-corrected chi connectivity index (χ2v) is 5.01. The van der Waals surface area contributed by atoms with Crippen molar-refractivity contribution in [3.63, 3.8) is 0 Å². The molecule has 1 heterocycles. The Morgan fingerprint density at radius 3 is 2.78 bits per heavy atom. The standard InChI is InChI=1S/C13H17N3OS/c1-3-14-10(2)13-16-15-12(18-13)9-17-11-7-5-4-6-8-11/h4-8,10,14H,3,9H2,1-2H3. The highest BCUT2D eigenvalue weighted by atomic mass is 32.1. The molecule has 1 aromatic carbocycles. The molecule has 2 aromatic rings. The fourth-order valence-electron chi connectivity index (χ4n) is 1.56. The molecule has 0 radical (unpaired) electrons. The van der Waals surface area contributed by atoms with Crippen molar-refractivity contribution in [2.75, 3.05) is 6.54 Å². The number of nitrogens with one attached hydrogen (secondary N) is 1. The summed E-state index contributed by atoms with van der Waals surface area (Å²) < 4.78 is 5.63. The van der Waals surface area contributed by atoms with E-state index in [1.54, 1.807) is 11.3 Å². The molecule has 18 heavy (non-hydrogen) atoms. The summed E-state index contributed by atoms with van der Waals surface area (Å²) in [4.78, 5) is 0. The minimum absolute atomic E-state index is 0.248. The topological polar surface area (TPSA) is 47.0 Å². The second kappa shape index (κ2) is 6.47. The summed E-state index contributed by atoms with van der Waals surface area (Å²) in [7, 11) is 0. The maximum atomic E-state index is 5.63. The maximum absolute atomic E-state index is 5.63. The van der Waals surface area contributed by atoms with E-state index in [0.29, 0.717) is 6.61 Å². The molecule has 0 aliphatic carbocycles. The number of aromatic nitrogens is 2. The highest BCUT2D eigenvalue weighted by molar-refractivity contribution is 7.11. The third kappa shape index (κ3) is 3.51. The van der Waals surface area contributed by atoms with Crippen LogP contribution in [0.15, 0.2) is 30.3 Å². The minimum Gasteiger partial charge on any atom is -0.486 e. The summed E-state index contributed by atoms with van der Waals surface area (Å²) in [5.41, 5.74) is 0. The molecule has 0 saturated carbocycles. The van der Waals surface area contributed by atoms with Gasteiger partial charge in [-0.25, -0.2) is 0 Å². The highest BCUT2D eigenvalue weighted by Gasteiger charge is 2.10. The van der Waals surface area contributed by atoms with Crippen LogP contribution in [0.25, 0.3) is 0 Å². The lowest BCUT2D eigenvalue weighted by molar-refractivity contribution is 0.304. The van der Waals surface area contributed by atoms with Gasteiger partial charge in [-0.2, -0.15) is 0 Å². The highest BCUT2D eigenvalue weighted by Crippen LogP contribution is 2.19. The Labute approximate surface area is 111 Å². The van der Waals surface area contributed by atoms with Gasteiger partial charge in [0.1, 0.15) is 17.4 Å². The molecule has 4 nitrogen and oxygen atoms in total. The van der Waals surface area contributed by atoms with Crippen molar-refractivity contribution >= 4 is 11.3 Å². The summed E-state index contributed by atoms with van der Waals surface area (Å²) in [5, 5.41) is 13.5. The summed E-state index contributed by atoms with van der Waals surface area (Å²) in [6, 6.07) is 9.99. The van der Waals surface area contributed by atoms with Crippen molar-refractivity contribution in [1.82, 2.24) is 15.5 Å². The Bertz CT molecular complexity index is 472. The van der Waals surface area contributed by atoms with Crippen LogP contribution in [0.5, 0.6) is 5.75 Å². The molecule has 2 rings (SSSR count). The smallest absolute Gasteiger partial charge is 0.155 e. The molecule has 1 unspecified atom stereocenters. The van der Waals surface area contributed by atoms with Crippen LogP contribution in [-0.4, -0.2) is 16.7 Å². The normalized spacial score (nSPS) is 12.3. The zero-order chi connectivity index (χ0) is 12.8. The molecule has 0 saturated heterocycles. The van der Waals surface area contributed by atoms with E-state index in [1.807, 2.05) is 30.3 Å². The van der Waals surface area contributed by atoms with Crippen LogP contribution >= 0.6 is 11.3 Å². The number of benzene rings is 1. The lowest BCUT2D eigenvalue weighted by Gasteiger charge is -2.06. The molecular weight excluding hydrogens is 246 g/mol. The number of hydrogen-bond acceptors (Lipinski definition) is 5. The Morgan fingerprint density at radius 1 is 1.28 bits per heavy atom. The molecular formula is C13H17N3OS. The zero-order valence-corrected chi connectivity index (χ0v) is 11.4. The van der Waals surface area contributed by atoms with Crippen LogP contribution < -0.4 is 10.1 Å². The van der Waals surface area contributed by atoms with Crippen LogP contribution in [-0.2, 0) is 6.61 Å². The largest absolute Gasteiger partial charge is 0.486 e. The van der Waals surface area contributed by atoms with Crippen molar-refractivity contribution in [1.29, 1.82) is 0 Å². The van der Waals surface area contributed by atoms with Gasteiger partial charge in [0.25, 0.3) is 0 Å². The van der Waals surface area contributed by atoms with E-state index in [2.05, 4.69) is 29.4 Å². The SMILES string of the molecule is CCNC(C)c1nnc(COc2ccccc2)s1. The maximum Gasteiger partial charge on any atom is 0.155 e. The monoisotopic (exact) mass is 263 g/mol. The third-order valence-corrected chi connectivity index (χ3v) is 3.55. The van der Waals surface area contributed by atoms with Gasteiger partial charge in [-0.05, 0) is 25.6 Å². The first-order valence-corrected chi connectivity index (χ1v) is 6.84. The molecule has 0 bridgehead atoms. The van der Waals surface area contributed by atoms with Crippen molar-refractivity contribution < 1.29 is 4.74 Å². The molecule has 5 heteroatoms. The molecule has 0 fully saturated rings. The Balaban J connectivity index is 1.91. The van der Waals surface area contributed by atoms with Gasteiger partial charge in [0.2, 0.25) is 0 Å². The number of hydrogen-bond donors (Lipinski definition) is 1. The molecule has 1 aromatic heterocycles. The molecule has 96 valence electrons. The Kier molecular flexibility index (Phi) is 4.66. The van der Waals surface area contributed by atoms with Gasteiger partial charge in [0.15, 0.2) is 5.01 Å². The lowest BCUT2D eigenvalue weighted by atomic mass is 10.3. The molecule has 0 aliphatic heterocycles. The van der Waals surface area contributed by atoms with E-state index in [9.17, 15) is 0 Å². The fraction of sp³-hybridized carbons (Fsp3) is 0.385. The van der Waals surface area contributed by atoms with Gasteiger partial charge in [0.05, 0.1) is 6.04 Å². The Morgan fingerprint density at radius 2 is 2.06 bits per heavy atom. The number of para-hydroxylation sites is 1. The van der Waals surface area contributed by atoms with Gasteiger partial charge in [-0.1, -0.05) is 36.5 Å². The summed E-state index contributed by atoms with van der Waals surface area (Å²) in [6.07, 6.45) is 0. The van der Waals surface area contributed by atoms with Crippen LogP contribution in [0.3, 0.4) is 0 Å². The lowest BCUT2D eigenvalue weighted by Crippen LogP contribution is -2.17. The number of ether oxygens (including phenoxy) is 1. The van der Waals surface area contributed by atoms with Gasteiger partial charge < -0.3 is 10.1 Å². The van der Waals surface area contributed by atoms with Gasteiger partial charge in [0, 0.05) is 0 Å². The van der Waals surface area contributed by atoms with Crippen molar-refractivity contribution in [2.45, 2.75) is 26.5 Å². The van der Waals surface area contributed by atoms with E-state index in [4.69, 9.17) is 4.74 Å². The number of nitrogens with zero attached hydrogens (tertiary/aromatic N) is 2. The first-order chi connectivity index (χ1) is 8.79. The van der Waals surface area contributed by atoms with Crippen LogP contribution in [0.4, 0.5) is 0 Å². The fourth-order valence-corrected chi connectivity index (χ4v) is 2.34. The predicted octanol–water partition coefficient (Wildman–Crippen LogP) is 2.79. The second-order valence-electron chi connectivity index (χ2n) is 3.92. The third-order valence-electron chi connectivity index (χ3n) is 2.47. The first-order valence-electron chi connectivity index (χ1n) is 6.03. The summed E-state index contributed by atoms with van der Waals surface area (Å²) in [5.74, 6) is 0.856. The van der Waals surface area contributed by atoms with E-state index >= 15 is 0 Å². The van der Waals surface area contributed by atoms with E-state index in [1.165, 1.54) is 0 Å². The van der Waals surface area contributed by atoms with Crippen LogP contribution in [0.2, 0.25) is 0 Å². The van der Waals surface area contributed by atoms with Gasteiger partial charge in [-0.3, -0.25) is 0 Å². The predicted molar refractivity (Wildman–Crippen MR) is 72.8 cm³/mol. The quantitative estimate of drug-likeness (QED) is 0.870. The van der Waals surface area contributed by atoms with Gasteiger partial charge >= 0.3 is 0 Å². The van der Waals surface area contributed by atoms with Crippen molar-refractivity contribution in [2.24, 2.45) is 0 Å². The first kappa shape index (κ1) is 13.0. The van der Waals surface area contributed by atoms with E-state index < -0.39 is 0 Å². The van der Waals surface area contributed by atoms with Crippen LogP contribution in [0.1, 0.15) is 29.9 Å². The van der Waals surface area contributed by atoms with E-state index in [0.717, 1.165) is 22.3 Å². The van der Waals surface area contributed by atoms with Crippen molar-refractivity contribution in [3.8, 4) is 5.75 Å². The molecule has 0 spiro atoms. The average Bonchev–Trinajstić information content (AvgIpc) is 2.87. The minimum atomic E-state index is 0.248. The molecule has 1 atom stereocenters. The van der Waals surface area contributed by atoms with E-state index in [-0.39, 0.29) is 6.04 Å². The number of rotatable bonds is 6. The van der Waals surface area contributed by atoms with Crippen molar-refractivity contribution in [3.05, 3.63) is 40.3 Å². The summed E-state index contributed by atoms with van der Waals surface area (Å²) in [6.45, 7) is 5.57. The van der Waals surface area contributed by atoms with Gasteiger partial charge in [-0.15, -0.1) is 10.2 Å². The molecule has 1 N–H and O–H groups in total.